The number of benzene rings is 1. The molecule has 0 aromatic heterocycles. The van der Waals surface area contributed by atoms with E-state index >= 15 is 0 Å². The second-order valence-corrected chi connectivity index (χ2v) is 4.91. The molecule has 0 N–H and O–H groups in total. The van der Waals surface area contributed by atoms with Crippen LogP contribution in [0.1, 0.15) is 11.1 Å². The molecule has 0 aliphatic carbocycles. The van der Waals surface area contributed by atoms with Gasteiger partial charge in [-0.05, 0) is 12.5 Å². The summed E-state index contributed by atoms with van der Waals surface area (Å²) in [6, 6.07) is 7.68. The number of ketones is 1. The summed E-state index contributed by atoms with van der Waals surface area (Å²) in [5, 5.41) is 0.144. The van der Waals surface area contributed by atoms with Gasteiger partial charge in [0.15, 0.2) is 0 Å². The van der Waals surface area contributed by atoms with Gasteiger partial charge in [0, 0.05) is 11.0 Å². The van der Waals surface area contributed by atoms with Crippen molar-refractivity contribution >= 4 is 27.5 Å². The first-order valence-corrected chi connectivity index (χ1v) is 6.21. The van der Waals surface area contributed by atoms with Crippen LogP contribution in [0.4, 0.5) is 8.78 Å². The number of allylic oxidation sites excluding steroid dienone is 1. The van der Waals surface area contributed by atoms with Crippen LogP contribution in [-0.4, -0.2) is 23.8 Å². The van der Waals surface area contributed by atoms with Crippen molar-refractivity contribution in [1.29, 1.82) is 0 Å². The average molecular weight is 267 g/mol. The summed E-state index contributed by atoms with van der Waals surface area (Å²) in [4.78, 5) is 15.9. The summed E-state index contributed by atoms with van der Waals surface area (Å²) in [5.74, 6) is -0.295. The lowest BCUT2D eigenvalue weighted by Gasteiger charge is -2.01. The van der Waals surface area contributed by atoms with E-state index in [-0.39, 0.29) is 10.8 Å². The number of thioether (sulfide) groups is 1. The minimum Gasteiger partial charge on any atom is -0.287 e. The maximum absolute atomic E-state index is 12.0. The van der Waals surface area contributed by atoms with Crippen LogP contribution in [0.3, 0.4) is 0 Å². The first-order chi connectivity index (χ1) is 8.56. The zero-order valence-corrected chi connectivity index (χ0v) is 10.5. The van der Waals surface area contributed by atoms with Crippen LogP contribution in [0.15, 0.2) is 35.3 Å². The maximum atomic E-state index is 12.0. The van der Waals surface area contributed by atoms with Crippen molar-refractivity contribution in [3.63, 3.8) is 0 Å². The average Bonchev–Trinajstić information content (AvgIpc) is 2.69. The van der Waals surface area contributed by atoms with E-state index in [1.807, 2.05) is 31.2 Å². The summed E-state index contributed by atoms with van der Waals surface area (Å²) in [6.45, 7) is 1.35. The van der Waals surface area contributed by atoms with Crippen molar-refractivity contribution in [3.05, 3.63) is 41.5 Å². The zero-order valence-electron chi connectivity index (χ0n) is 9.69. The van der Waals surface area contributed by atoms with Gasteiger partial charge in [-0.2, -0.15) is 0 Å². The lowest BCUT2D eigenvalue weighted by atomic mass is 10.1. The van der Waals surface area contributed by atoms with Crippen molar-refractivity contribution in [2.24, 2.45) is 4.99 Å². The molecule has 0 saturated carbocycles. The van der Waals surface area contributed by atoms with Gasteiger partial charge in [-0.25, -0.2) is 8.78 Å². The summed E-state index contributed by atoms with van der Waals surface area (Å²) in [7, 11) is 0. The van der Waals surface area contributed by atoms with Gasteiger partial charge in [-0.1, -0.05) is 41.6 Å². The number of halogens is 2. The van der Waals surface area contributed by atoms with Gasteiger partial charge in [0.05, 0.1) is 0 Å². The van der Waals surface area contributed by atoms with Gasteiger partial charge in [0.25, 0.3) is 6.43 Å². The molecule has 0 bridgehead atoms. The molecule has 1 aliphatic heterocycles. The second-order valence-electron chi connectivity index (χ2n) is 3.88. The van der Waals surface area contributed by atoms with Crippen molar-refractivity contribution in [1.82, 2.24) is 0 Å². The molecule has 1 heterocycles. The Labute approximate surface area is 108 Å². The van der Waals surface area contributed by atoms with Crippen LogP contribution in [0.25, 0.3) is 4.91 Å². The molecule has 2 nitrogen and oxygen atoms in total. The molecule has 0 amide bonds. The number of rotatable bonds is 3. The molecule has 0 saturated heterocycles. The van der Waals surface area contributed by atoms with Gasteiger partial charge < -0.3 is 0 Å². The van der Waals surface area contributed by atoms with Gasteiger partial charge in [-0.15, -0.1) is 0 Å². The van der Waals surface area contributed by atoms with E-state index < -0.39 is 13.0 Å². The second kappa shape index (κ2) is 5.44. The molecular formula is C13H11F2NOS. The summed E-state index contributed by atoms with van der Waals surface area (Å²) < 4.78 is 24.1. The summed E-state index contributed by atoms with van der Waals surface area (Å²) >= 11 is 1.15. The number of aliphatic imine (C=N–C) groups is 1. The molecule has 5 heteroatoms. The van der Waals surface area contributed by atoms with Crippen molar-refractivity contribution in [3.8, 4) is 0 Å². The standard InChI is InChI=1S/C13H11F2NOS/c1-8-2-4-9(5-3-8)11-6-10(17)13(18-11)16-7-12(14)15/h2-6,12H,7H2,1H3/b16-13-. The third-order valence-corrected chi connectivity index (χ3v) is 3.49. The number of carbonyl (C=O) groups excluding carboxylic acids is 1. The van der Waals surface area contributed by atoms with Crippen LogP contribution < -0.4 is 0 Å². The largest absolute Gasteiger partial charge is 0.287 e. The Morgan fingerprint density at radius 1 is 1.28 bits per heavy atom. The predicted molar refractivity (Wildman–Crippen MR) is 70.1 cm³/mol. The molecule has 0 unspecified atom stereocenters. The molecule has 2 rings (SSSR count). The quantitative estimate of drug-likeness (QED) is 0.840. The highest BCUT2D eigenvalue weighted by molar-refractivity contribution is 8.24. The Hall–Kier alpha value is -1.49. The van der Waals surface area contributed by atoms with Gasteiger partial charge in [0.1, 0.15) is 11.6 Å². The first kappa shape index (κ1) is 13.0. The Morgan fingerprint density at radius 2 is 1.94 bits per heavy atom. The highest BCUT2D eigenvalue weighted by Crippen LogP contribution is 2.34. The molecule has 0 fully saturated rings. The van der Waals surface area contributed by atoms with Crippen molar-refractivity contribution < 1.29 is 13.6 Å². The van der Waals surface area contributed by atoms with Crippen molar-refractivity contribution in [2.45, 2.75) is 13.3 Å². The fourth-order valence-corrected chi connectivity index (χ4v) is 2.41. The number of aryl methyl sites for hydroxylation is 1. The minimum atomic E-state index is -2.52. The molecule has 1 aromatic carbocycles. The molecular weight excluding hydrogens is 256 g/mol. The van der Waals surface area contributed by atoms with E-state index in [9.17, 15) is 13.6 Å². The van der Waals surface area contributed by atoms with Crippen LogP contribution in [0.5, 0.6) is 0 Å². The Morgan fingerprint density at radius 3 is 2.56 bits per heavy atom. The zero-order chi connectivity index (χ0) is 13.1. The molecule has 1 aliphatic rings. The van der Waals surface area contributed by atoms with E-state index in [0.29, 0.717) is 0 Å². The third kappa shape index (κ3) is 3.04. The van der Waals surface area contributed by atoms with Gasteiger partial charge in [-0.3, -0.25) is 9.79 Å². The summed E-state index contributed by atoms with van der Waals surface area (Å²) in [5.41, 5.74) is 2.03. The van der Waals surface area contributed by atoms with Crippen LogP contribution in [0.2, 0.25) is 0 Å². The number of hydrogen-bond donors (Lipinski definition) is 0. The number of nitrogens with zero attached hydrogens (tertiary/aromatic N) is 1. The van der Waals surface area contributed by atoms with Gasteiger partial charge >= 0.3 is 0 Å². The molecule has 18 heavy (non-hydrogen) atoms. The topological polar surface area (TPSA) is 29.4 Å². The van der Waals surface area contributed by atoms with Crippen LogP contribution in [-0.2, 0) is 4.79 Å². The molecule has 0 atom stereocenters. The molecule has 0 radical (unpaired) electrons. The normalized spacial score (nSPS) is 17.7. The van der Waals surface area contributed by atoms with Crippen molar-refractivity contribution in [2.75, 3.05) is 6.54 Å². The lowest BCUT2D eigenvalue weighted by Crippen LogP contribution is -2.05. The van der Waals surface area contributed by atoms with E-state index in [1.54, 1.807) is 0 Å². The van der Waals surface area contributed by atoms with E-state index in [1.165, 1.54) is 6.08 Å². The minimum absolute atomic E-state index is 0.144. The first-order valence-electron chi connectivity index (χ1n) is 5.40. The fraction of sp³-hybridized carbons (Fsp3) is 0.231. The lowest BCUT2D eigenvalue weighted by molar-refractivity contribution is -0.108. The Kier molecular flexibility index (Phi) is 3.91. The smallest absolute Gasteiger partial charge is 0.257 e. The summed E-state index contributed by atoms with van der Waals surface area (Å²) in [6.07, 6.45) is -1.08. The fourth-order valence-electron chi connectivity index (χ4n) is 1.49. The van der Waals surface area contributed by atoms with Crippen LogP contribution >= 0.6 is 11.8 Å². The third-order valence-electron chi connectivity index (χ3n) is 2.39. The van der Waals surface area contributed by atoms with Gasteiger partial charge in [0.2, 0.25) is 5.78 Å². The SMILES string of the molecule is Cc1ccc(C2=CC(=O)/C(=N/CC(F)F)S2)cc1. The number of hydrogen-bond acceptors (Lipinski definition) is 3. The molecule has 1 aromatic rings. The molecule has 0 spiro atoms. The molecule has 94 valence electrons. The highest BCUT2D eigenvalue weighted by Gasteiger charge is 2.22. The monoisotopic (exact) mass is 267 g/mol. The Balaban J connectivity index is 2.14. The van der Waals surface area contributed by atoms with E-state index in [4.69, 9.17) is 0 Å². The predicted octanol–water partition coefficient (Wildman–Crippen LogP) is 3.32. The highest BCUT2D eigenvalue weighted by atomic mass is 32.2. The number of alkyl halides is 2. The maximum Gasteiger partial charge on any atom is 0.257 e. The Bertz CT molecular complexity index is 520. The van der Waals surface area contributed by atoms with Crippen LogP contribution in [0, 0.1) is 6.92 Å². The number of carbonyl (C=O) groups is 1. The van der Waals surface area contributed by atoms with E-state index in [0.717, 1.165) is 27.8 Å². The van der Waals surface area contributed by atoms with E-state index in [2.05, 4.69) is 4.99 Å².